The lowest BCUT2D eigenvalue weighted by Gasteiger charge is -2.14. The van der Waals surface area contributed by atoms with Crippen LogP contribution in [0.2, 0.25) is 0 Å². The van der Waals surface area contributed by atoms with Crippen molar-refractivity contribution in [2.75, 3.05) is 21.3 Å². The van der Waals surface area contributed by atoms with Gasteiger partial charge in [-0.2, -0.15) is 0 Å². The van der Waals surface area contributed by atoms with Gasteiger partial charge >= 0.3 is 11.9 Å². The Kier molecular flexibility index (Phi) is 6.67. The zero-order valence-corrected chi connectivity index (χ0v) is 15.9. The van der Waals surface area contributed by atoms with Crippen molar-refractivity contribution in [3.63, 3.8) is 0 Å². The molecule has 0 saturated heterocycles. The summed E-state index contributed by atoms with van der Waals surface area (Å²) in [5, 5.41) is 0. The predicted molar refractivity (Wildman–Crippen MR) is 95.3 cm³/mol. The predicted octanol–water partition coefficient (Wildman–Crippen LogP) is 2.01. The molecule has 0 unspecified atom stereocenters. The number of nitrogens with zero attached hydrogens (tertiary/aromatic N) is 1. The Morgan fingerprint density at radius 2 is 1.41 bits per heavy atom. The van der Waals surface area contributed by atoms with Crippen LogP contribution < -0.4 is 0 Å². The standard InChI is InChI=1S/C18H19NO7S/c1-19(25-3)27(22,23)16-10-8-15(9-11-16)18(21)26-12-13-4-6-14(7-5-13)17(20)24-2/h4-11H,12H2,1-3H3. The maximum absolute atomic E-state index is 12.1. The Morgan fingerprint density at radius 3 is 1.93 bits per heavy atom. The molecule has 0 aromatic heterocycles. The average molecular weight is 393 g/mol. The molecule has 2 aromatic rings. The van der Waals surface area contributed by atoms with Crippen LogP contribution in [0.15, 0.2) is 53.4 Å². The topological polar surface area (TPSA) is 99.2 Å². The number of hydroxylamine groups is 1. The van der Waals surface area contributed by atoms with E-state index in [0.717, 1.165) is 4.47 Å². The normalized spacial score (nSPS) is 11.3. The lowest BCUT2D eigenvalue weighted by molar-refractivity contribution is -0.0258. The highest BCUT2D eigenvalue weighted by Gasteiger charge is 2.21. The van der Waals surface area contributed by atoms with E-state index in [1.54, 1.807) is 24.3 Å². The third-order valence-corrected chi connectivity index (χ3v) is 5.42. The van der Waals surface area contributed by atoms with E-state index in [9.17, 15) is 18.0 Å². The Morgan fingerprint density at radius 1 is 0.889 bits per heavy atom. The van der Waals surface area contributed by atoms with Crippen molar-refractivity contribution in [3.05, 3.63) is 65.2 Å². The molecule has 2 rings (SSSR count). The fourth-order valence-electron chi connectivity index (χ4n) is 2.10. The third kappa shape index (κ3) is 4.91. The maximum atomic E-state index is 12.1. The second kappa shape index (κ2) is 8.76. The SMILES string of the molecule is COC(=O)c1ccc(COC(=O)c2ccc(S(=O)(=O)N(C)OC)cc2)cc1. The van der Waals surface area contributed by atoms with Gasteiger partial charge in [0.1, 0.15) is 6.61 Å². The minimum atomic E-state index is -3.78. The van der Waals surface area contributed by atoms with Crippen LogP contribution in [0.5, 0.6) is 0 Å². The summed E-state index contributed by atoms with van der Waals surface area (Å²) >= 11 is 0. The van der Waals surface area contributed by atoms with Gasteiger partial charge in [0.2, 0.25) is 0 Å². The molecule has 0 fully saturated rings. The monoisotopic (exact) mass is 393 g/mol. The van der Waals surface area contributed by atoms with Crippen molar-refractivity contribution in [3.8, 4) is 0 Å². The van der Waals surface area contributed by atoms with E-state index in [1.165, 1.54) is 45.5 Å². The highest BCUT2D eigenvalue weighted by molar-refractivity contribution is 7.89. The van der Waals surface area contributed by atoms with Crippen LogP contribution >= 0.6 is 0 Å². The van der Waals surface area contributed by atoms with Gasteiger partial charge in [-0.3, -0.25) is 4.84 Å². The van der Waals surface area contributed by atoms with Crippen molar-refractivity contribution in [1.82, 2.24) is 4.47 Å². The first kappa shape index (κ1) is 20.6. The highest BCUT2D eigenvalue weighted by atomic mass is 32.2. The lowest BCUT2D eigenvalue weighted by atomic mass is 10.1. The fraction of sp³-hybridized carbons (Fsp3) is 0.222. The van der Waals surface area contributed by atoms with E-state index in [4.69, 9.17) is 4.74 Å². The zero-order valence-electron chi connectivity index (χ0n) is 15.0. The van der Waals surface area contributed by atoms with Gasteiger partial charge in [-0.05, 0) is 42.0 Å². The Balaban J connectivity index is 2.01. The molecule has 0 spiro atoms. The Hall–Kier alpha value is -2.75. The van der Waals surface area contributed by atoms with Crippen LogP contribution in [-0.4, -0.2) is 46.1 Å². The number of carbonyl (C=O) groups excluding carboxylic acids is 2. The summed E-state index contributed by atoms with van der Waals surface area (Å²) in [6, 6.07) is 11.8. The lowest BCUT2D eigenvalue weighted by Crippen LogP contribution is -2.25. The van der Waals surface area contributed by atoms with Crippen LogP contribution in [0.25, 0.3) is 0 Å². The molecule has 0 aliphatic heterocycles. The number of hydrogen-bond donors (Lipinski definition) is 0. The molecule has 9 heteroatoms. The Bertz CT molecular complexity index is 906. The average Bonchev–Trinajstić information content (AvgIpc) is 2.71. The molecule has 0 heterocycles. The summed E-state index contributed by atoms with van der Waals surface area (Å²) in [5.74, 6) is -1.05. The molecular weight excluding hydrogens is 374 g/mol. The maximum Gasteiger partial charge on any atom is 0.338 e. The van der Waals surface area contributed by atoms with E-state index in [1.807, 2.05) is 0 Å². The first-order valence-corrected chi connectivity index (χ1v) is 9.21. The molecule has 144 valence electrons. The van der Waals surface area contributed by atoms with E-state index in [2.05, 4.69) is 9.57 Å². The molecule has 8 nitrogen and oxygen atoms in total. The van der Waals surface area contributed by atoms with Crippen LogP contribution in [0.3, 0.4) is 0 Å². The minimum Gasteiger partial charge on any atom is -0.465 e. The second-order valence-electron chi connectivity index (χ2n) is 5.39. The van der Waals surface area contributed by atoms with Crippen molar-refractivity contribution in [2.24, 2.45) is 0 Å². The summed E-state index contributed by atoms with van der Waals surface area (Å²) in [7, 11) is 0.0185. The van der Waals surface area contributed by atoms with Gasteiger partial charge in [-0.25, -0.2) is 18.0 Å². The second-order valence-corrected chi connectivity index (χ2v) is 7.32. The quantitative estimate of drug-likeness (QED) is 0.524. The van der Waals surface area contributed by atoms with Crippen molar-refractivity contribution >= 4 is 22.0 Å². The van der Waals surface area contributed by atoms with Gasteiger partial charge < -0.3 is 9.47 Å². The number of esters is 2. The summed E-state index contributed by atoms with van der Waals surface area (Å²) in [4.78, 5) is 28.2. The number of rotatable bonds is 7. The van der Waals surface area contributed by atoms with Gasteiger partial charge in [0.15, 0.2) is 0 Å². The number of ether oxygens (including phenoxy) is 2. The van der Waals surface area contributed by atoms with Crippen LogP contribution in [0.4, 0.5) is 0 Å². The highest BCUT2D eigenvalue weighted by Crippen LogP contribution is 2.16. The summed E-state index contributed by atoms with van der Waals surface area (Å²) < 4.78 is 34.7. The van der Waals surface area contributed by atoms with Crippen LogP contribution in [0.1, 0.15) is 26.3 Å². The van der Waals surface area contributed by atoms with Crippen molar-refractivity contribution in [1.29, 1.82) is 0 Å². The molecule has 0 aliphatic rings. The minimum absolute atomic E-state index is 0.00669. The van der Waals surface area contributed by atoms with E-state index in [-0.39, 0.29) is 17.1 Å². The molecule has 0 radical (unpaired) electrons. The number of sulfonamides is 1. The summed E-state index contributed by atoms with van der Waals surface area (Å²) in [6.45, 7) is 0.00669. The molecule has 27 heavy (non-hydrogen) atoms. The zero-order chi connectivity index (χ0) is 20.0. The first-order chi connectivity index (χ1) is 12.8. The molecule has 0 amide bonds. The number of methoxy groups -OCH3 is 1. The van der Waals surface area contributed by atoms with Crippen LogP contribution in [-0.2, 0) is 30.9 Å². The van der Waals surface area contributed by atoms with Gasteiger partial charge in [0, 0.05) is 7.05 Å². The Labute approximate surface area is 157 Å². The number of benzene rings is 2. The van der Waals surface area contributed by atoms with E-state index < -0.39 is 22.0 Å². The molecule has 0 N–H and O–H groups in total. The van der Waals surface area contributed by atoms with E-state index >= 15 is 0 Å². The summed E-state index contributed by atoms with van der Waals surface area (Å²) in [5.41, 5.74) is 1.29. The largest absolute Gasteiger partial charge is 0.465 e. The van der Waals surface area contributed by atoms with Gasteiger partial charge in [-0.1, -0.05) is 16.6 Å². The van der Waals surface area contributed by atoms with Gasteiger partial charge in [-0.15, -0.1) is 0 Å². The van der Waals surface area contributed by atoms with Crippen LogP contribution in [0, 0.1) is 0 Å². The molecule has 2 aromatic carbocycles. The first-order valence-electron chi connectivity index (χ1n) is 7.77. The summed E-state index contributed by atoms with van der Waals surface area (Å²) in [6.07, 6.45) is 0. The number of carbonyl (C=O) groups is 2. The van der Waals surface area contributed by atoms with E-state index in [0.29, 0.717) is 11.1 Å². The van der Waals surface area contributed by atoms with Gasteiger partial charge in [0.05, 0.1) is 30.2 Å². The third-order valence-electron chi connectivity index (χ3n) is 3.73. The number of hydrogen-bond acceptors (Lipinski definition) is 7. The molecule has 0 saturated carbocycles. The molecule has 0 bridgehead atoms. The van der Waals surface area contributed by atoms with Gasteiger partial charge in [0.25, 0.3) is 10.0 Å². The molecule has 0 aliphatic carbocycles. The van der Waals surface area contributed by atoms with Crippen molar-refractivity contribution in [2.45, 2.75) is 11.5 Å². The fourth-order valence-corrected chi connectivity index (χ4v) is 3.07. The van der Waals surface area contributed by atoms with Crippen molar-refractivity contribution < 1.29 is 32.3 Å². The molecule has 0 atom stereocenters. The smallest absolute Gasteiger partial charge is 0.338 e. The molecular formula is C18H19NO7S.